The highest BCUT2D eigenvalue weighted by atomic mass is 16.6. The lowest BCUT2D eigenvalue weighted by atomic mass is 9.31. The fourth-order valence-corrected chi connectivity index (χ4v) is 12.5. The van der Waals surface area contributed by atoms with Gasteiger partial charge >= 0.3 is 12.1 Å². The molecule has 0 saturated heterocycles. The molecule has 5 nitrogen and oxygen atoms in total. The van der Waals surface area contributed by atoms with Crippen molar-refractivity contribution in [1.29, 1.82) is 0 Å². The maximum Gasteiger partial charge on any atom is 0.409 e. The molecule has 40 heavy (non-hydrogen) atoms. The number of carboxylic acid groups (broad SMARTS) is 1. The lowest BCUT2D eigenvalue weighted by Gasteiger charge is -2.73. The molecule has 228 valence electrons. The van der Waals surface area contributed by atoms with Crippen molar-refractivity contribution < 1.29 is 19.4 Å². The van der Waals surface area contributed by atoms with Crippen LogP contribution in [-0.2, 0) is 9.53 Å². The number of aliphatic carboxylic acids is 1. The lowest BCUT2D eigenvalue weighted by molar-refractivity contribution is -0.254. The maximum absolute atomic E-state index is 13.0. The van der Waals surface area contributed by atoms with Crippen LogP contribution in [0.1, 0.15) is 127 Å². The minimum Gasteiger partial charge on any atom is -0.481 e. The third-order valence-electron chi connectivity index (χ3n) is 15.6. The SMILES string of the molecule is CCN(C)C(=O)O[C@@H]1CC[C@@]2(C)C(CC[C@]3(C)C2CCC2C4C(C)(C(C)C)CC[C@]4(C(=O)O)CC[C@]23C)C1(C)C. The molecule has 5 fully saturated rings. The first-order valence-electron chi connectivity index (χ1n) is 16.6. The molecule has 5 rings (SSSR count). The smallest absolute Gasteiger partial charge is 0.409 e. The summed E-state index contributed by atoms with van der Waals surface area (Å²) in [4.78, 5) is 27.5. The molecule has 5 heteroatoms. The first-order chi connectivity index (χ1) is 18.5. The first-order valence-corrected chi connectivity index (χ1v) is 16.6. The molecular weight excluding hydrogens is 498 g/mol. The highest BCUT2D eigenvalue weighted by molar-refractivity contribution is 5.76. The second-order valence-electron chi connectivity index (χ2n) is 17.0. The predicted octanol–water partition coefficient (Wildman–Crippen LogP) is 8.66. The van der Waals surface area contributed by atoms with E-state index in [-0.39, 0.29) is 45.2 Å². The van der Waals surface area contributed by atoms with Gasteiger partial charge in [0.2, 0.25) is 0 Å². The summed E-state index contributed by atoms with van der Waals surface area (Å²) >= 11 is 0. The van der Waals surface area contributed by atoms with E-state index in [1.165, 1.54) is 25.7 Å². The van der Waals surface area contributed by atoms with Gasteiger partial charge in [0.15, 0.2) is 0 Å². The third kappa shape index (κ3) is 3.69. The van der Waals surface area contributed by atoms with Crippen LogP contribution in [0.25, 0.3) is 0 Å². The van der Waals surface area contributed by atoms with E-state index in [4.69, 9.17) is 4.74 Å². The number of amides is 1. The van der Waals surface area contributed by atoms with Gasteiger partial charge in [-0.05, 0) is 122 Å². The van der Waals surface area contributed by atoms with Gasteiger partial charge < -0.3 is 14.7 Å². The maximum atomic E-state index is 13.0. The minimum absolute atomic E-state index is 0.0422. The van der Waals surface area contributed by atoms with Gasteiger partial charge in [0.25, 0.3) is 0 Å². The Labute approximate surface area is 244 Å². The lowest BCUT2D eigenvalue weighted by Crippen LogP contribution is -2.67. The van der Waals surface area contributed by atoms with Crippen molar-refractivity contribution in [2.75, 3.05) is 13.6 Å². The zero-order chi connectivity index (χ0) is 29.7. The van der Waals surface area contributed by atoms with Crippen molar-refractivity contribution >= 4 is 12.1 Å². The molecule has 0 bridgehead atoms. The zero-order valence-corrected chi connectivity index (χ0v) is 27.4. The topological polar surface area (TPSA) is 66.8 Å². The van der Waals surface area contributed by atoms with Crippen molar-refractivity contribution in [3.63, 3.8) is 0 Å². The normalized spacial score (nSPS) is 49.3. The van der Waals surface area contributed by atoms with Crippen LogP contribution in [0.2, 0.25) is 0 Å². The summed E-state index contributed by atoms with van der Waals surface area (Å²) in [5.41, 5.74) is 0.0543. The number of nitrogens with zero attached hydrogens (tertiary/aromatic N) is 1. The predicted molar refractivity (Wildman–Crippen MR) is 160 cm³/mol. The fraction of sp³-hybridized carbons (Fsp3) is 0.943. The van der Waals surface area contributed by atoms with Crippen LogP contribution >= 0.6 is 0 Å². The Kier molecular flexibility index (Phi) is 7.07. The van der Waals surface area contributed by atoms with Crippen molar-refractivity contribution in [3.05, 3.63) is 0 Å². The third-order valence-corrected chi connectivity index (χ3v) is 15.6. The molecule has 5 unspecified atom stereocenters. The largest absolute Gasteiger partial charge is 0.481 e. The fourth-order valence-electron chi connectivity index (χ4n) is 12.5. The number of carboxylic acids is 1. The Morgan fingerprint density at radius 1 is 0.850 bits per heavy atom. The van der Waals surface area contributed by atoms with Crippen LogP contribution in [0.15, 0.2) is 0 Å². The number of carbonyl (C=O) groups is 2. The van der Waals surface area contributed by atoms with Gasteiger partial charge in [0.1, 0.15) is 6.10 Å². The summed E-state index contributed by atoms with van der Waals surface area (Å²) < 4.78 is 6.18. The van der Waals surface area contributed by atoms with E-state index in [0.29, 0.717) is 30.2 Å². The van der Waals surface area contributed by atoms with Gasteiger partial charge in [-0.3, -0.25) is 4.79 Å². The summed E-state index contributed by atoms with van der Waals surface area (Å²) in [6.07, 6.45) is 10.4. The highest BCUT2D eigenvalue weighted by Gasteiger charge is 2.73. The molecule has 0 heterocycles. The van der Waals surface area contributed by atoms with Gasteiger partial charge in [0, 0.05) is 19.0 Å². The van der Waals surface area contributed by atoms with Gasteiger partial charge in [-0.25, -0.2) is 4.79 Å². The molecule has 0 spiro atoms. The molecule has 1 N–H and O–H groups in total. The number of rotatable bonds is 4. The van der Waals surface area contributed by atoms with E-state index in [1.54, 1.807) is 4.90 Å². The quantitative estimate of drug-likeness (QED) is 0.375. The van der Waals surface area contributed by atoms with Crippen LogP contribution in [0, 0.1) is 62.1 Å². The molecule has 0 aliphatic heterocycles. The van der Waals surface area contributed by atoms with Crippen LogP contribution < -0.4 is 0 Å². The average Bonchev–Trinajstić information content (AvgIpc) is 3.21. The second-order valence-corrected chi connectivity index (χ2v) is 17.0. The number of ether oxygens (including phenoxy) is 1. The molecule has 5 aliphatic rings. The van der Waals surface area contributed by atoms with E-state index in [2.05, 4.69) is 55.4 Å². The second kappa shape index (κ2) is 9.37. The number of hydrogen-bond donors (Lipinski definition) is 1. The number of hydrogen-bond acceptors (Lipinski definition) is 3. The molecular formula is C35H59NO4. The molecule has 0 aromatic rings. The Bertz CT molecular complexity index is 1040. The van der Waals surface area contributed by atoms with Crippen molar-refractivity contribution in [2.24, 2.45) is 62.1 Å². The van der Waals surface area contributed by atoms with Crippen LogP contribution in [0.4, 0.5) is 4.79 Å². The molecule has 10 atom stereocenters. The van der Waals surface area contributed by atoms with Crippen molar-refractivity contribution in [1.82, 2.24) is 4.90 Å². The molecule has 1 amide bonds. The van der Waals surface area contributed by atoms with E-state index in [0.717, 1.165) is 38.5 Å². The first kappa shape index (κ1) is 30.2. The van der Waals surface area contributed by atoms with Crippen molar-refractivity contribution in [3.8, 4) is 0 Å². The molecule has 0 radical (unpaired) electrons. The summed E-state index contributed by atoms with van der Waals surface area (Å²) in [7, 11) is 1.82. The standard InChI is InChI=1S/C35H59NO4/c1-11-36(10)29(39)40-26-15-16-32(7)24(30(26,4)5)14-17-34(9)25(32)13-12-23-27-31(6,22(2)3)18-20-35(27,28(37)38)21-19-33(23,34)8/h22-27H,11-21H2,1-10H3,(H,37,38)/t23?,24?,25?,26-,27?,31?,32+,33-,34-,35+/m1/s1. The van der Waals surface area contributed by atoms with E-state index < -0.39 is 11.4 Å². The van der Waals surface area contributed by atoms with Crippen molar-refractivity contribution in [2.45, 2.75) is 133 Å². The van der Waals surface area contributed by atoms with Gasteiger partial charge in [0.05, 0.1) is 5.41 Å². The Morgan fingerprint density at radius 3 is 2.10 bits per heavy atom. The number of fused-ring (bicyclic) bond motifs is 7. The van der Waals surface area contributed by atoms with Gasteiger partial charge in [-0.2, -0.15) is 0 Å². The summed E-state index contributed by atoms with van der Waals surface area (Å²) in [6, 6.07) is 0. The Morgan fingerprint density at radius 2 is 1.50 bits per heavy atom. The van der Waals surface area contributed by atoms with Gasteiger partial charge in [-0.1, -0.05) is 55.4 Å². The van der Waals surface area contributed by atoms with Crippen LogP contribution in [0.5, 0.6) is 0 Å². The molecule has 5 saturated carbocycles. The van der Waals surface area contributed by atoms with Crippen LogP contribution in [0.3, 0.4) is 0 Å². The van der Waals surface area contributed by atoms with E-state index >= 15 is 0 Å². The van der Waals surface area contributed by atoms with E-state index in [9.17, 15) is 14.7 Å². The van der Waals surface area contributed by atoms with Gasteiger partial charge in [-0.15, -0.1) is 0 Å². The minimum atomic E-state index is -0.539. The molecule has 0 aromatic heterocycles. The Hall–Kier alpha value is -1.26. The molecule has 5 aliphatic carbocycles. The number of carbonyl (C=O) groups excluding carboxylic acids is 1. The highest BCUT2D eigenvalue weighted by Crippen LogP contribution is 2.79. The van der Waals surface area contributed by atoms with Crippen LogP contribution in [-0.4, -0.2) is 41.8 Å². The summed E-state index contributed by atoms with van der Waals surface area (Å²) in [6.45, 7) is 22.3. The van der Waals surface area contributed by atoms with E-state index in [1.807, 2.05) is 14.0 Å². The molecule has 0 aromatic carbocycles. The summed E-state index contributed by atoms with van der Waals surface area (Å²) in [5.74, 6) is 1.86. The average molecular weight is 558 g/mol. The monoisotopic (exact) mass is 557 g/mol. The zero-order valence-electron chi connectivity index (χ0n) is 27.4. The Balaban J connectivity index is 1.49. The summed E-state index contributed by atoms with van der Waals surface area (Å²) in [5, 5.41) is 10.7.